The van der Waals surface area contributed by atoms with Gasteiger partial charge in [-0.05, 0) is 53.7 Å². The van der Waals surface area contributed by atoms with Crippen LogP contribution in [0.4, 0.5) is 0 Å². The molecule has 2 rings (SSSR count). The number of ether oxygens (including phenoxy) is 2. The van der Waals surface area contributed by atoms with Crippen LogP contribution >= 0.6 is 0 Å². The second-order valence-electron chi connectivity index (χ2n) is 6.90. The van der Waals surface area contributed by atoms with Crippen molar-refractivity contribution in [3.05, 3.63) is 30.3 Å². The minimum Gasteiger partial charge on any atom is -0.487 e. The lowest BCUT2D eigenvalue weighted by Gasteiger charge is -2.24. The van der Waals surface area contributed by atoms with Gasteiger partial charge >= 0.3 is 0 Å². The van der Waals surface area contributed by atoms with Crippen LogP contribution in [0.1, 0.15) is 41.5 Å². The molecule has 0 atom stereocenters. The Balaban J connectivity index is 2.52. The van der Waals surface area contributed by atoms with E-state index in [0.29, 0.717) is 5.88 Å². The molecule has 1 aromatic heterocycles. The summed E-state index contributed by atoms with van der Waals surface area (Å²) in [6.45, 7) is 12.1. The number of rotatable bonds is 2. The largest absolute Gasteiger partial charge is 0.487 e. The molecule has 1 aromatic carbocycles. The molecule has 0 aliphatic heterocycles. The van der Waals surface area contributed by atoms with E-state index in [9.17, 15) is 0 Å². The molecule has 0 N–H and O–H groups in total. The molecule has 0 saturated carbocycles. The van der Waals surface area contributed by atoms with Crippen molar-refractivity contribution in [2.75, 3.05) is 0 Å². The highest BCUT2D eigenvalue weighted by molar-refractivity contribution is 5.85. The lowest BCUT2D eigenvalue weighted by Crippen LogP contribution is -2.25. The Morgan fingerprint density at radius 2 is 1.45 bits per heavy atom. The maximum Gasteiger partial charge on any atom is 0.218 e. The van der Waals surface area contributed by atoms with Gasteiger partial charge in [0.1, 0.15) is 17.0 Å². The minimum atomic E-state index is -0.283. The molecular weight excluding hydrogens is 250 g/mol. The van der Waals surface area contributed by atoms with Crippen molar-refractivity contribution in [2.45, 2.75) is 52.7 Å². The van der Waals surface area contributed by atoms with Crippen molar-refractivity contribution in [3.63, 3.8) is 0 Å². The fraction of sp³-hybridized carbons (Fsp3) is 0.471. The average Bonchev–Trinajstić information content (AvgIpc) is 2.24. The summed E-state index contributed by atoms with van der Waals surface area (Å²) >= 11 is 0. The van der Waals surface area contributed by atoms with E-state index >= 15 is 0 Å². The molecule has 0 aliphatic carbocycles. The van der Waals surface area contributed by atoms with Crippen molar-refractivity contribution in [1.82, 2.24) is 4.98 Å². The number of hydrogen-bond donors (Lipinski definition) is 0. The van der Waals surface area contributed by atoms with E-state index in [-0.39, 0.29) is 11.2 Å². The number of aromatic nitrogens is 1. The van der Waals surface area contributed by atoms with Gasteiger partial charge in [-0.3, -0.25) is 0 Å². The molecule has 20 heavy (non-hydrogen) atoms. The summed E-state index contributed by atoms with van der Waals surface area (Å²) in [6.07, 6.45) is 0. The Morgan fingerprint density at radius 1 is 0.850 bits per heavy atom. The van der Waals surface area contributed by atoms with Crippen LogP contribution in [0.3, 0.4) is 0 Å². The van der Waals surface area contributed by atoms with Crippen molar-refractivity contribution in [1.29, 1.82) is 0 Å². The number of benzene rings is 1. The zero-order valence-corrected chi connectivity index (χ0v) is 13.2. The van der Waals surface area contributed by atoms with Gasteiger partial charge in [0.15, 0.2) is 0 Å². The summed E-state index contributed by atoms with van der Waals surface area (Å²) in [5, 5.41) is 1.00. The predicted octanol–water partition coefficient (Wildman–Crippen LogP) is 4.59. The predicted molar refractivity (Wildman–Crippen MR) is 82.5 cm³/mol. The van der Waals surface area contributed by atoms with E-state index in [1.165, 1.54) is 0 Å². The zero-order valence-electron chi connectivity index (χ0n) is 13.2. The minimum absolute atomic E-state index is 0.261. The van der Waals surface area contributed by atoms with Crippen molar-refractivity contribution in [2.24, 2.45) is 0 Å². The molecule has 3 nitrogen and oxygen atoms in total. The Hall–Kier alpha value is -1.77. The lowest BCUT2D eigenvalue weighted by molar-refractivity contribution is 0.118. The van der Waals surface area contributed by atoms with E-state index < -0.39 is 0 Å². The van der Waals surface area contributed by atoms with Gasteiger partial charge in [-0.25, -0.2) is 4.98 Å². The van der Waals surface area contributed by atoms with Crippen LogP contribution in [-0.4, -0.2) is 16.2 Å². The Bertz CT molecular complexity index is 606. The maximum atomic E-state index is 6.05. The van der Waals surface area contributed by atoms with Crippen molar-refractivity contribution < 1.29 is 9.47 Å². The van der Waals surface area contributed by atoms with Crippen LogP contribution in [-0.2, 0) is 0 Å². The molecular formula is C17H23NO2. The van der Waals surface area contributed by atoms with Gasteiger partial charge in [0.2, 0.25) is 5.88 Å². The summed E-state index contributed by atoms with van der Waals surface area (Å²) in [5.41, 5.74) is 0.339. The van der Waals surface area contributed by atoms with E-state index in [1.807, 2.05) is 71.9 Å². The Kier molecular flexibility index (Phi) is 3.63. The summed E-state index contributed by atoms with van der Waals surface area (Å²) in [5.74, 6) is 1.40. The van der Waals surface area contributed by atoms with Crippen LogP contribution in [0.2, 0.25) is 0 Å². The second-order valence-corrected chi connectivity index (χ2v) is 6.90. The molecule has 0 fully saturated rings. The van der Waals surface area contributed by atoms with Crippen LogP contribution in [0.15, 0.2) is 30.3 Å². The average molecular weight is 273 g/mol. The van der Waals surface area contributed by atoms with Crippen molar-refractivity contribution in [3.8, 4) is 11.6 Å². The van der Waals surface area contributed by atoms with Crippen LogP contribution in [0, 0.1) is 0 Å². The molecule has 0 unspecified atom stereocenters. The fourth-order valence-electron chi connectivity index (χ4n) is 1.90. The molecule has 0 aliphatic rings. The molecule has 0 spiro atoms. The molecule has 108 valence electrons. The number of nitrogens with zero attached hydrogens (tertiary/aromatic N) is 1. The highest BCUT2D eigenvalue weighted by Crippen LogP contribution is 2.32. The van der Waals surface area contributed by atoms with Gasteiger partial charge in [0, 0.05) is 11.5 Å². The zero-order chi connectivity index (χ0) is 15.0. The third kappa shape index (κ3) is 3.86. The van der Waals surface area contributed by atoms with E-state index in [4.69, 9.17) is 9.47 Å². The van der Waals surface area contributed by atoms with Gasteiger partial charge in [-0.15, -0.1) is 0 Å². The summed E-state index contributed by atoms with van der Waals surface area (Å²) in [7, 11) is 0. The Labute approximate surface area is 120 Å². The topological polar surface area (TPSA) is 31.4 Å². The standard InChI is InChI=1S/C17H23NO2/c1-16(2,3)19-14-11-15(20-17(4,5)6)18-13-10-8-7-9-12(13)14/h7-11H,1-6H3. The lowest BCUT2D eigenvalue weighted by atomic mass is 10.1. The highest BCUT2D eigenvalue weighted by atomic mass is 16.5. The smallest absolute Gasteiger partial charge is 0.218 e. The molecule has 0 bridgehead atoms. The third-order valence-electron chi connectivity index (χ3n) is 2.48. The van der Waals surface area contributed by atoms with Crippen LogP contribution in [0.5, 0.6) is 11.6 Å². The van der Waals surface area contributed by atoms with Gasteiger partial charge in [0.05, 0.1) is 5.52 Å². The number of para-hydroxylation sites is 1. The molecule has 2 aromatic rings. The SMILES string of the molecule is CC(C)(C)Oc1cc(OC(C)(C)C)c2ccccc2n1. The third-order valence-corrected chi connectivity index (χ3v) is 2.48. The normalized spacial score (nSPS) is 12.5. The van der Waals surface area contributed by atoms with Gasteiger partial charge in [-0.1, -0.05) is 12.1 Å². The van der Waals surface area contributed by atoms with Crippen LogP contribution in [0.25, 0.3) is 10.9 Å². The van der Waals surface area contributed by atoms with Crippen molar-refractivity contribution >= 4 is 10.9 Å². The first kappa shape index (κ1) is 14.6. The number of fused-ring (bicyclic) bond motifs is 1. The molecule has 0 saturated heterocycles. The van der Waals surface area contributed by atoms with E-state index in [1.54, 1.807) is 0 Å². The first-order valence-electron chi connectivity index (χ1n) is 6.92. The van der Waals surface area contributed by atoms with E-state index in [0.717, 1.165) is 16.7 Å². The number of hydrogen-bond acceptors (Lipinski definition) is 3. The monoisotopic (exact) mass is 273 g/mol. The number of pyridine rings is 1. The Morgan fingerprint density at radius 3 is 2.05 bits per heavy atom. The quantitative estimate of drug-likeness (QED) is 0.802. The summed E-state index contributed by atoms with van der Waals surface area (Å²) in [4.78, 5) is 4.55. The second kappa shape index (κ2) is 4.97. The van der Waals surface area contributed by atoms with Gasteiger partial charge < -0.3 is 9.47 Å². The maximum absolute atomic E-state index is 6.05. The van der Waals surface area contributed by atoms with Gasteiger partial charge in [0.25, 0.3) is 0 Å². The van der Waals surface area contributed by atoms with E-state index in [2.05, 4.69) is 4.98 Å². The summed E-state index contributed by atoms with van der Waals surface area (Å²) < 4.78 is 11.9. The van der Waals surface area contributed by atoms with Gasteiger partial charge in [-0.2, -0.15) is 0 Å². The molecule has 0 radical (unpaired) electrons. The first-order chi connectivity index (χ1) is 9.14. The van der Waals surface area contributed by atoms with Crippen LogP contribution < -0.4 is 9.47 Å². The highest BCUT2D eigenvalue weighted by Gasteiger charge is 2.18. The first-order valence-corrected chi connectivity index (χ1v) is 6.92. The molecule has 1 heterocycles. The molecule has 0 amide bonds. The molecule has 3 heteroatoms. The summed E-state index contributed by atoms with van der Waals surface area (Å²) in [6, 6.07) is 9.82. The fourth-order valence-corrected chi connectivity index (χ4v) is 1.90.